The first-order valence-corrected chi connectivity index (χ1v) is 6.73. The van der Waals surface area contributed by atoms with E-state index in [0.29, 0.717) is 0 Å². The zero-order valence-corrected chi connectivity index (χ0v) is 11.1. The summed E-state index contributed by atoms with van der Waals surface area (Å²) in [6.07, 6.45) is 3.87. The van der Waals surface area contributed by atoms with Crippen LogP contribution in [0.1, 0.15) is 36.5 Å². The summed E-state index contributed by atoms with van der Waals surface area (Å²) in [4.78, 5) is 15.1. The van der Waals surface area contributed by atoms with Crippen molar-refractivity contribution in [3.8, 4) is 0 Å². The number of rotatable bonds is 4. The first-order valence-electron chi connectivity index (χ1n) is 6.29. The van der Waals surface area contributed by atoms with Crippen molar-refractivity contribution in [2.45, 2.75) is 31.1 Å². The Balaban J connectivity index is 2.05. The molecule has 1 amide bonds. The second-order valence-electron chi connectivity index (χ2n) is 4.69. The van der Waals surface area contributed by atoms with E-state index in [1.165, 1.54) is 19.3 Å². The van der Waals surface area contributed by atoms with Crippen LogP contribution < -0.4 is 0 Å². The Hall–Kier alpha value is -0.960. The van der Waals surface area contributed by atoms with Gasteiger partial charge < -0.3 is 4.90 Å². The van der Waals surface area contributed by atoms with Crippen molar-refractivity contribution in [2.24, 2.45) is 5.92 Å². The molecule has 1 fully saturated rings. The van der Waals surface area contributed by atoms with Gasteiger partial charge in [0.05, 0.1) is 0 Å². The van der Waals surface area contributed by atoms with Gasteiger partial charge in [-0.2, -0.15) is 0 Å². The molecule has 0 atom stereocenters. The van der Waals surface area contributed by atoms with Crippen LogP contribution in [0.3, 0.4) is 0 Å². The zero-order chi connectivity index (χ0) is 12.3. The molecule has 1 aliphatic carbocycles. The molecule has 2 rings (SSSR count). The summed E-state index contributed by atoms with van der Waals surface area (Å²) >= 11 is 4.28. The van der Waals surface area contributed by atoms with Crippen LogP contribution in [0.25, 0.3) is 0 Å². The Morgan fingerprint density at radius 1 is 1.47 bits per heavy atom. The van der Waals surface area contributed by atoms with Gasteiger partial charge in [0.2, 0.25) is 0 Å². The van der Waals surface area contributed by atoms with Gasteiger partial charge in [-0.1, -0.05) is 12.5 Å². The third-order valence-corrected chi connectivity index (χ3v) is 3.74. The number of thiol groups is 1. The molecule has 2 nitrogen and oxygen atoms in total. The third kappa shape index (κ3) is 3.03. The fourth-order valence-corrected chi connectivity index (χ4v) is 2.39. The van der Waals surface area contributed by atoms with Gasteiger partial charge in [0.15, 0.2) is 0 Å². The Morgan fingerprint density at radius 2 is 2.24 bits per heavy atom. The Kier molecular flexibility index (Phi) is 4.11. The summed E-state index contributed by atoms with van der Waals surface area (Å²) in [6, 6.07) is 7.48. The molecule has 17 heavy (non-hydrogen) atoms. The molecule has 1 aromatic rings. The first kappa shape index (κ1) is 12.5. The van der Waals surface area contributed by atoms with Crippen molar-refractivity contribution in [2.75, 3.05) is 13.1 Å². The molecular formula is C14H19NOS. The largest absolute Gasteiger partial charge is 0.339 e. The van der Waals surface area contributed by atoms with Gasteiger partial charge in [-0.15, -0.1) is 12.6 Å². The number of carbonyl (C=O) groups excluding carboxylic acids is 1. The van der Waals surface area contributed by atoms with Crippen LogP contribution >= 0.6 is 12.6 Å². The molecule has 1 saturated carbocycles. The van der Waals surface area contributed by atoms with E-state index >= 15 is 0 Å². The maximum Gasteiger partial charge on any atom is 0.253 e. The Morgan fingerprint density at radius 3 is 2.76 bits per heavy atom. The minimum Gasteiger partial charge on any atom is -0.339 e. The van der Waals surface area contributed by atoms with E-state index in [-0.39, 0.29) is 5.91 Å². The molecule has 0 radical (unpaired) electrons. The topological polar surface area (TPSA) is 20.3 Å². The highest BCUT2D eigenvalue weighted by Gasteiger charge is 2.23. The molecule has 0 unspecified atom stereocenters. The number of benzene rings is 1. The molecule has 0 saturated heterocycles. The van der Waals surface area contributed by atoms with Gasteiger partial charge in [-0.05, 0) is 43.9 Å². The molecule has 0 spiro atoms. The van der Waals surface area contributed by atoms with Crippen LogP contribution in [0.15, 0.2) is 29.2 Å². The number of amides is 1. The fourth-order valence-electron chi connectivity index (χ4n) is 2.16. The summed E-state index contributed by atoms with van der Waals surface area (Å²) in [5.74, 6) is 0.855. The zero-order valence-electron chi connectivity index (χ0n) is 10.2. The molecule has 1 aromatic carbocycles. The molecule has 0 heterocycles. The van der Waals surface area contributed by atoms with Crippen LogP contribution in [-0.2, 0) is 0 Å². The monoisotopic (exact) mass is 249 g/mol. The number of nitrogens with zero attached hydrogens (tertiary/aromatic N) is 1. The van der Waals surface area contributed by atoms with E-state index in [4.69, 9.17) is 0 Å². The minimum absolute atomic E-state index is 0.135. The molecule has 0 bridgehead atoms. The molecule has 1 aliphatic rings. The highest BCUT2D eigenvalue weighted by Crippen LogP contribution is 2.27. The van der Waals surface area contributed by atoms with Crippen molar-refractivity contribution >= 4 is 18.5 Å². The predicted octanol–water partition coefficient (Wildman–Crippen LogP) is 3.24. The van der Waals surface area contributed by atoms with Gasteiger partial charge in [-0.25, -0.2) is 0 Å². The lowest BCUT2D eigenvalue weighted by atomic mass is 9.85. The minimum atomic E-state index is 0.135. The molecule has 0 aromatic heterocycles. The lowest BCUT2D eigenvalue weighted by Crippen LogP contribution is -2.37. The lowest BCUT2D eigenvalue weighted by molar-refractivity contribution is 0.0706. The second kappa shape index (κ2) is 5.58. The summed E-state index contributed by atoms with van der Waals surface area (Å²) in [5, 5.41) is 0. The summed E-state index contributed by atoms with van der Waals surface area (Å²) in [6.45, 7) is 3.74. The van der Waals surface area contributed by atoms with Crippen molar-refractivity contribution in [3.05, 3.63) is 29.8 Å². The molecule has 92 valence electrons. The maximum atomic E-state index is 12.3. The Bertz CT molecular complexity index is 401. The predicted molar refractivity (Wildman–Crippen MR) is 72.6 cm³/mol. The quantitative estimate of drug-likeness (QED) is 0.812. The van der Waals surface area contributed by atoms with E-state index < -0.39 is 0 Å². The van der Waals surface area contributed by atoms with E-state index in [0.717, 1.165) is 29.5 Å². The second-order valence-corrected chi connectivity index (χ2v) is 5.21. The number of hydrogen-bond acceptors (Lipinski definition) is 2. The maximum absolute atomic E-state index is 12.3. The lowest BCUT2D eigenvalue weighted by Gasteiger charge is -2.31. The van der Waals surface area contributed by atoms with Crippen LogP contribution in [-0.4, -0.2) is 23.9 Å². The molecular weight excluding hydrogens is 230 g/mol. The van der Waals surface area contributed by atoms with Gasteiger partial charge >= 0.3 is 0 Å². The molecule has 0 N–H and O–H groups in total. The standard InChI is InChI=1S/C14H19NOS/c1-2-15(10-11-5-3-6-11)14(16)12-7-4-8-13(17)9-12/h4,7-9,11,17H,2-3,5-6,10H2,1H3. The van der Waals surface area contributed by atoms with E-state index in [2.05, 4.69) is 12.6 Å². The number of carbonyl (C=O) groups is 1. The van der Waals surface area contributed by atoms with Crippen molar-refractivity contribution < 1.29 is 4.79 Å². The van der Waals surface area contributed by atoms with Crippen LogP contribution in [0, 0.1) is 5.92 Å². The smallest absolute Gasteiger partial charge is 0.253 e. The summed E-state index contributed by atoms with van der Waals surface area (Å²) in [7, 11) is 0. The van der Waals surface area contributed by atoms with Gasteiger partial charge in [-0.3, -0.25) is 4.79 Å². The SMILES string of the molecule is CCN(CC1CCC1)C(=O)c1cccc(S)c1. The highest BCUT2D eigenvalue weighted by molar-refractivity contribution is 7.80. The average Bonchev–Trinajstić information content (AvgIpc) is 2.27. The summed E-state index contributed by atoms with van der Waals surface area (Å²) in [5.41, 5.74) is 0.749. The van der Waals surface area contributed by atoms with Gasteiger partial charge in [0.1, 0.15) is 0 Å². The van der Waals surface area contributed by atoms with E-state index in [1.54, 1.807) is 0 Å². The molecule has 0 aliphatic heterocycles. The van der Waals surface area contributed by atoms with Crippen LogP contribution in [0.5, 0.6) is 0 Å². The van der Waals surface area contributed by atoms with Crippen LogP contribution in [0.4, 0.5) is 0 Å². The van der Waals surface area contributed by atoms with Gasteiger partial charge in [0.25, 0.3) is 5.91 Å². The fraction of sp³-hybridized carbons (Fsp3) is 0.500. The number of hydrogen-bond donors (Lipinski definition) is 1. The van der Waals surface area contributed by atoms with E-state index in [9.17, 15) is 4.79 Å². The normalized spacial score (nSPS) is 15.4. The molecule has 3 heteroatoms. The van der Waals surface area contributed by atoms with Crippen molar-refractivity contribution in [1.82, 2.24) is 4.90 Å². The highest BCUT2D eigenvalue weighted by atomic mass is 32.1. The van der Waals surface area contributed by atoms with E-state index in [1.807, 2.05) is 36.1 Å². The van der Waals surface area contributed by atoms with Crippen LogP contribution in [0.2, 0.25) is 0 Å². The van der Waals surface area contributed by atoms with Crippen molar-refractivity contribution in [3.63, 3.8) is 0 Å². The third-order valence-electron chi connectivity index (χ3n) is 3.47. The summed E-state index contributed by atoms with van der Waals surface area (Å²) < 4.78 is 0. The van der Waals surface area contributed by atoms with Gasteiger partial charge in [0, 0.05) is 23.5 Å². The average molecular weight is 249 g/mol. The first-order chi connectivity index (χ1) is 8.20. The Labute approximate surface area is 108 Å². The van der Waals surface area contributed by atoms with Crippen molar-refractivity contribution in [1.29, 1.82) is 0 Å².